The van der Waals surface area contributed by atoms with Gasteiger partial charge < -0.3 is 30.2 Å². The first-order valence-electron chi connectivity index (χ1n) is 15.0. The third-order valence-electron chi connectivity index (χ3n) is 8.44. The van der Waals surface area contributed by atoms with Crippen LogP contribution in [-0.2, 0) is 18.4 Å². The molecule has 1 saturated heterocycles. The number of alkyl halides is 3. The minimum Gasteiger partial charge on any atom is -0.406 e. The van der Waals surface area contributed by atoms with Crippen LogP contribution in [-0.4, -0.2) is 40.8 Å². The van der Waals surface area contributed by atoms with Crippen molar-refractivity contribution in [3.05, 3.63) is 69.7 Å². The Labute approximate surface area is 279 Å². The molecule has 0 spiro atoms. The average Bonchev–Trinajstić information content (AvgIpc) is 3.48. The van der Waals surface area contributed by atoms with Gasteiger partial charge in [-0.3, -0.25) is 9.59 Å². The van der Waals surface area contributed by atoms with Crippen molar-refractivity contribution in [2.45, 2.75) is 40.1 Å². The maximum atomic E-state index is 13.7. The van der Waals surface area contributed by atoms with E-state index in [1.807, 2.05) is 38.5 Å². The Hall–Kier alpha value is -4.16. The van der Waals surface area contributed by atoms with Gasteiger partial charge in [0.1, 0.15) is 5.75 Å². The third kappa shape index (κ3) is 7.08. The SMILES string of the molecule is Cn1c(Nc2c(Cl)ccc(CNC(=O)C(C)(C)C)c2Cl)nc2cc(C(=O)Nc3ccc(OC(F)(F)F)cc3)c(N3CC4CC4C3)cc21. The molecule has 47 heavy (non-hydrogen) atoms. The lowest BCUT2D eigenvalue weighted by atomic mass is 9.95. The Morgan fingerprint density at radius 2 is 1.70 bits per heavy atom. The van der Waals surface area contributed by atoms with E-state index >= 15 is 0 Å². The van der Waals surface area contributed by atoms with Gasteiger partial charge in [-0.25, -0.2) is 4.98 Å². The Morgan fingerprint density at radius 1 is 1.02 bits per heavy atom. The van der Waals surface area contributed by atoms with E-state index in [0.29, 0.717) is 55.8 Å². The van der Waals surface area contributed by atoms with Crippen molar-refractivity contribution >= 4 is 69.1 Å². The van der Waals surface area contributed by atoms with Crippen LogP contribution in [0, 0.1) is 17.3 Å². The maximum Gasteiger partial charge on any atom is 0.573 e. The van der Waals surface area contributed by atoms with Crippen LogP contribution in [0.3, 0.4) is 0 Å². The van der Waals surface area contributed by atoms with E-state index < -0.39 is 17.7 Å². The highest BCUT2D eigenvalue weighted by atomic mass is 35.5. The van der Waals surface area contributed by atoms with E-state index in [4.69, 9.17) is 28.2 Å². The maximum absolute atomic E-state index is 13.7. The van der Waals surface area contributed by atoms with E-state index in [2.05, 4.69) is 25.6 Å². The second-order valence-corrected chi connectivity index (χ2v) is 13.8. The number of piperidine rings is 1. The zero-order chi connectivity index (χ0) is 33.8. The van der Waals surface area contributed by atoms with Gasteiger partial charge in [0.05, 0.1) is 38.0 Å². The van der Waals surface area contributed by atoms with Gasteiger partial charge >= 0.3 is 6.36 Å². The van der Waals surface area contributed by atoms with Gasteiger partial charge in [-0.05, 0) is 66.3 Å². The van der Waals surface area contributed by atoms with Gasteiger partial charge in [-0.2, -0.15) is 0 Å². The number of fused-ring (bicyclic) bond motifs is 2. The number of halogens is 5. The Balaban J connectivity index is 1.30. The summed E-state index contributed by atoms with van der Waals surface area (Å²) in [6.45, 7) is 7.34. The molecule has 3 N–H and O–H groups in total. The number of ether oxygens (including phenoxy) is 1. The summed E-state index contributed by atoms with van der Waals surface area (Å²) < 4.78 is 43.6. The Morgan fingerprint density at radius 3 is 2.34 bits per heavy atom. The summed E-state index contributed by atoms with van der Waals surface area (Å²) in [7, 11) is 1.84. The summed E-state index contributed by atoms with van der Waals surface area (Å²) in [6.07, 6.45) is -3.64. The van der Waals surface area contributed by atoms with Crippen molar-refractivity contribution in [2.75, 3.05) is 28.6 Å². The molecule has 1 aliphatic carbocycles. The molecule has 248 valence electrons. The fourth-order valence-electron chi connectivity index (χ4n) is 5.71. The number of aromatic nitrogens is 2. The summed E-state index contributed by atoms with van der Waals surface area (Å²) >= 11 is 13.3. The van der Waals surface area contributed by atoms with Gasteiger partial charge in [0.15, 0.2) is 0 Å². The van der Waals surface area contributed by atoms with E-state index in [1.165, 1.54) is 18.6 Å². The monoisotopic (exact) mass is 688 g/mol. The van der Waals surface area contributed by atoms with Crippen molar-refractivity contribution in [1.82, 2.24) is 14.9 Å². The molecule has 1 saturated carbocycles. The van der Waals surface area contributed by atoms with Crippen molar-refractivity contribution in [3.63, 3.8) is 0 Å². The Kier molecular flexibility index (Phi) is 8.46. The van der Waals surface area contributed by atoms with E-state index in [1.54, 1.807) is 18.2 Å². The second kappa shape index (κ2) is 12.1. The number of benzene rings is 3. The first-order valence-corrected chi connectivity index (χ1v) is 15.8. The van der Waals surface area contributed by atoms with Gasteiger partial charge in [-0.1, -0.05) is 50.0 Å². The number of anilines is 4. The fraction of sp³-hybridized carbons (Fsp3) is 0.364. The van der Waals surface area contributed by atoms with Crippen molar-refractivity contribution in [3.8, 4) is 5.75 Å². The molecule has 2 unspecified atom stereocenters. The van der Waals surface area contributed by atoms with Crippen LogP contribution >= 0.6 is 23.2 Å². The largest absolute Gasteiger partial charge is 0.573 e. The number of imidazole rings is 1. The summed E-state index contributed by atoms with van der Waals surface area (Å²) in [5.41, 5.74) is 3.25. The van der Waals surface area contributed by atoms with Crippen LogP contribution in [0.5, 0.6) is 5.75 Å². The molecule has 2 heterocycles. The average molecular weight is 690 g/mol. The van der Waals surface area contributed by atoms with E-state index in [9.17, 15) is 22.8 Å². The van der Waals surface area contributed by atoms with Crippen LogP contribution in [0.1, 0.15) is 43.1 Å². The molecule has 6 rings (SSSR count). The smallest absolute Gasteiger partial charge is 0.406 e. The number of aryl methyl sites for hydroxylation is 1. The standard InChI is InChI=1S/C33H33Cl2F3N6O3/c1-32(2,3)30(46)39-14-17-5-10-23(34)28(27(17)35)42-31-41-24-12-22(25(13-26(24)43(31)4)44-15-18-11-19(18)16-44)29(45)40-20-6-8-21(9-7-20)47-33(36,37)38/h5-10,12-13,18-19H,11,14-16H2,1-4H3,(H,39,46)(H,40,45)(H,41,42). The number of carbonyl (C=O) groups is 2. The highest BCUT2D eigenvalue weighted by molar-refractivity contribution is 6.39. The van der Waals surface area contributed by atoms with Crippen LogP contribution in [0.4, 0.5) is 36.2 Å². The summed E-state index contributed by atoms with van der Waals surface area (Å²) in [6, 6.07) is 12.1. The molecular formula is C33H33Cl2F3N6O3. The number of amides is 2. The minimum atomic E-state index is -4.81. The molecule has 3 aromatic carbocycles. The van der Waals surface area contributed by atoms with Crippen LogP contribution in [0.25, 0.3) is 11.0 Å². The molecular weight excluding hydrogens is 656 g/mol. The minimum absolute atomic E-state index is 0.119. The summed E-state index contributed by atoms with van der Waals surface area (Å²) in [4.78, 5) is 33.0. The lowest BCUT2D eigenvalue weighted by Gasteiger charge is -2.23. The molecule has 14 heteroatoms. The predicted molar refractivity (Wildman–Crippen MR) is 177 cm³/mol. The van der Waals surface area contributed by atoms with Crippen molar-refractivity contribution in [2.24, 2.45) is 24.3 Å². The first kappa shape index (κ1) is 32.8. The molecule has 2 aliphatic rings. The van der Waals surface area contributed by atoms with E-state index in [0.717, 1.165) is 36.4 Å². The number of nitrogens with one attached hydrogen (secondary N) is 3. The third-order valence-corrected chi connectivity index (χ3v) is 9.18. The summed E-state index contributed by atoms with van der Waals surface area (Å²) in [5, 5.41) is 9.62. The van der Waals surface area contributed by atoms with Crippen LogP contribution < -0.4 is 25.6 Å². The number of hydrogen-bond donors (Lipinski definition) is 3. The number of carbonyl (C=O) groups excluding carboxylic acids is 2. The highest BCUT2D eigenvalue weighted by Gasteiger charge is 2.45. The molecule has 1 aliphatic heterocycles. The van der Waals surface area contributed by atoms with Gasteiger partial charge in [-0.15, -0.1) is 13.2 Å². The summed E-state index contributed by atoms with van der Waals surface area (Å²) in [5.74, 6) is 0.679. The zero-order valence-electron chi connectivity index (χ0n) is 26.1. The van der Waals surface area contributed by atoms with Gasteiger partial charge in [0, 0.05) is 37.8 Å². The quantitative estimate of drug-likeness (QED) is 0.174. The molecule has 0 radical (unpaired) electrons. The zero-order valence-corrected chi connectivity index (χ0v) is 27.6. The van der Waals surface area contributed by atoms with Crippen molar-refractivity contribution in [1.29, 1.82) is 0 Å². The van der Waals surface area contributed by atoms with Crippen LogP contribution in [0.2, 0.25) is 10.0 Å². The number of hydrogen-bond acceptors (Lipinski definition) is 6. The number of nitrogens with zero attached hydrogens (tertiary/aromatic N) is 3. The van der Waals surface area contributed by atoms with Crippen molar-refractivity contribution < 1.29 is 27.5 Å². The van der Waals surface area contributed by atoms with Gasteiger partial charge in [0.25, 0.3) is 5.91 Å². The predicted octanol–water partition coefficient (Wildman–Crippen LogP) is 7.89. The molecule has 2 fully saturated rings. The van der Waals surface area contributed by atoms with Gasteiger partial charge in [0.2, 0.25) is 11.9 Å². The lowest BCUT2D eigenvalue weighted by molar-refractivity contribution is -0.274. The highest BCUT2D eigenvalue weighted by Crippen LogP contribution is 2.47. The van der Waals surface area contributed by atoms with E-state index in [-0.39, 0.29) is 18.2 Å². The topological polar surface area (TPSA) is 101 Å². The second-order valence-electron chi connectivity index (χ2n) is 13.0. The molecule has 2 atom stereocenters. The number of rotatable bonds is 8. The molecule has 0 bridgehead atoms. The molecule has 2 amide bonds. The Bertz CT molecular complexity index is 1860. The molecule has 4 aromatic rings. The molecule has 1 aromatic heterocycles. The first-order chi connectivity index (χ1) is 22.1. The molecule has 9 nitrogen and oxygen atoms in total. The van der Waals surface area contributed by atoms with Crippen LogP contribution in [0.15, 0.2) is 48.5 Å². The lowest BCUT2D eigenvalue weighted by Crippen LogP contribution is -2.34. The fourth-order valence-corrected chi connectivity index (χ4v) is 6.25. The normalized spacial score (nSPS) is 17.4.